The summed E-state index contributed by atoms with van der Waals surface area (Å²) in [5.41, 5.74) is 8.62. The normalized spacial score (nSPS) is 13.2. The third kappa shape index (κ3) is 6.44. The number of unbranched alkanes of at least 4 members (excludes halogenated alkanes) is 1. The van der Waals surface area contributed by atoms with Crippen LogP contribution in [-0.4, -0.2) is 4.43 Å². The Balaban J connectivity index is 2.27. The highest BCUT2D eigenvalue weighted by atomic mass is 127. The summed E-state index contributed by atoms with van der Waals surface area (Å²) in [5.74, 6) is 0. The molecule has 3 aromatic rings. The first kappa shape index (κ1) is 29.0. The van der Waals surface area contributed by atoms with Gasteiger partial charge in [0.25, 0.3) is 0 Å². The Bertz CT molecular complexity index is 957. The predicted molar refractivity (Wildman–Crippen MR) is 168 cm³/mol. The van der Waals surface area contributed by atoms with Crippen LogP contribution in [0.15, 0.2) is 72.8 Å². The van der Waals surface area contributed by atoms with Gasteiger partial charge in [-0.25, -0.2) is 0 Å². The number of alkyl halides is 1. The summed E-state index contributed by atoms with van der Waals surface area (Å²) in [6.45, 7) is 20.7. The number of halogens is 1. The van der Waals surface area contributed by atoms with Gasteiger partial charge < -0.3 is 0 Å². The lowest BCUT2D eigenvalue weighted by molar-refractivity contribution is 0.525. The van der Waals surface area contributed by atoms with Crippen molar-refractivity contribution in [1.82, 2.24) is 0 Å². The molecule has 36 heavy (non-hydrogen) atoms. The van der Waals surface area contributed by atoms with Gasteiger partial charge in [0.1, 0.15) is 0 Å². The van der Waals surface area contributed by atoms with Crippen molar-refractivity contribution in [1.29, 1.82) is 0 Å². The fraction of sp³-hybridized carbons (Fsp3) is 0.486. The number of rotatable bonds is 7. The largest absolute Gasteiger partial charge is 0.0864 e. The van der Waals surface area contributed by atoms with Gasteiger partial charge in [0, 0.05) is 5.41 Å². The van der Waals surface area contributed by atoms with Gasteiger partial charge in [-0.1, -0.05) is 164 Å². The Labute approximate surface area is 235 Å². The summed E-state index contributed by atoms with van der Waals surface area (Å²) in [4.78, 5) is 0. The molecular weight excluding hydrogens is 547 g/mol. The van der Waals surface area contributed by atoms with Gasteiger partial charge in [-0.05, 0) is 66.9 Å². The smallest absolute Gasteiger partial charge is 0.0451 e. The Morgan fingerprint density at radius 1 is 0.417 bits per heavy atom. The Kier molecular flexibility index (Phi) is 8.86. The first-order valence-corrected chi connectivity index (χ1v) is 15.1. The number of benzene rings is 3. The third-order valence-electron chi connectivity index (χ3n) is 7.67. The Morgan fingerprint density at radius 2 is 0.667 bits per heavy atom. The topological polar surface area (TPSA) is 0 Å². The Hall–Kier alpha value is -1.61. The van der Waals surface area contributed by atoms with Crippen molar-refractivity contribution in [3.05, 3.63) is 106 Å². The highest BCUT2D eigenvalue weighted by molar-refractivity contribution is 14.1. The average Bonchev–Trinajstić information content (AvgIpc) is 2.81. The summed E-state index contributed by atoms with van der Waals surface area (Å²) in [7, 11) is 0. The average molecular weight is 595 g/mol. The Morgan fingerprint density at radius 3 is 0.889 bits per heavy atom. The van der Waals surface area contributed by atoms with Crippen molar-refractivity contribution in [2.24, 2.45) is 0 Å². The third-order valence-corrected chi connectivity index (χ3v) is 8.43. The number of hydrogen-bond acceptors (Lipinski definition) is 0. The summed E-state index contributed by atoms with van der Waals surface area (Å²) in [5, 5.41) is 0. The second-order valence-electron chi connectivity index (χ2n) is 13.5. The van der Waals surface area contributed by atoms with Crippen LogP contribution in [0.5, 0.6) is 0 Å². The summed E-state index contributed by atoms with van der Waals surface area (Å²) in [6, 6.07) is 28.6. The first-order valence-electron chi connectivity index (χ1n) is 13.6. The molecule has 3 aromatic carbocycles. The van der Waals surface area contributed by atoms with E-state index >= 15 is 0 Å². The van der Waals surface area contributed by atoms with E-state index in [1.807, 2.05) is 0 Å². The molecule has 0 aliphatic carbocycles. The molecule has 0 unspecified atom stereocenters. The lowest BCUT2D eigenvalue weighted by atomic mass is 9.65. The maximum atomic E-state index is 2.52. The minimum Gasteiger partial charge on any atom is -0.0864 e. The van der Waals surface area contributed by atoms with Crippen molar-refractivity contribution < 1.29 is 0 Å². The van der Waals surface area contributed by atoms with E-state index in [1.165, 1.54) is 50.6 Å². The molecule has 0 aromatic heterocycles. The highest BCUT2D eigenvalue weighted by Gasteiger charge is 2.36. The molecule has 3 rings (SSSR count). The molecule has 0 spiro atoms. The molecule has 0 amide bonds. The van der Waals surface area contributed by atoms with E-state index < -0.39 is 0 Å². The van der Waals surface area contributed by atoms with Crippen LogP contribution in [0.1, 0.15) is 115 Å². The van der Waals surface area contributed by atoms with Gasteiger partial charge in [0.05, 0.1) is 0 Å². The van der Waals surface area contributed by atoms with Gasteiger partial charge in [-0.3, -0.25) is 0 Å². The van der Waals surface area contributed by atoms with Crippen LogP contribution in [0.25, 0.3) is 0 Å². The molecule has 0 saturated carbocycles. The molecule has 0 bridgehead atoms. The van der Waals surface area contributed by atoms with Crippen molar-refractivity contribution in [2.75, 3.05) is 4.43 Å². The van der Waals surface area contributed by atoms with Crippen molar-refractivity contribution in [3.8, 4) is 0 Å². The van der Waals surface area contributed by atoms with Crippen molar-refractivity contribution in [3.63, 3.8) is 0 Å². The predicted octanol–water partition coefficient (Wildman–Crippen LogP) is 10.5. The standard InChI is InChI=1S/C35H47I/c1-32(2,3)26-12-18-29(19-13-26)35(24-10-11-25-36,30-20-14-27(15-21-30)33(4,5)6)31-22-16-28(17-23-31)34(7,8)9/h12-23H,10-11,24-25H2,1-9H3. The van der Waals surface area contributed by atoms with E-state index in [0.29, 0.717) is 0 Å². The zero-order valence-electron chi connectivity index (χ0n) is 24.1. The second-order valence-corrected chi connectivity index (χ2v) is 14.6. The van der Waals surface area contributed by atoms with Gasteiger partial charge >= 0.3 is 0 Å². The van der Waals surface area contributed by atoms with Crippen LogP contribution in [-0.2, 0) is 21.7 Å². The monoisotopic (exact) mass is 594 g/mol. The van der Waals surface area contributed by atoms with Crippen LogP contribution in [0.2, 0.25) is 0 Å². The van der Waals surface area contributed by atoms with Crippen LogP contribution in [0.3, 0.4) is 0 Å². The second kappa shape index (κ2) is 11.0. The summed E-state index contributed by atoms with van der Waals surface area (Å²) >= 11 is 2.52. The highest BCUT2D eigenvalue weighted by Crippen LogP contribution is 2.45. The molecule has 0 fully saturated rings. The lowest BCUT2D eigenvalue weighted by Gasteiger charge is -2.37. The van der Waals surface area contributed by atoms with Gasteiger partial charge in [-0.2, -0.15) is 0 Å². The maximum Gasteiger partial charge on any atom is 0.0451 e. The van der Waals surface area contributed by atoms with Gasteiger partial charge in [-0.15, -0.1) is 0 Å². The summed E-state index contributed by atoms with van der Waals surface area (Å²) < 4.78 is 1.20. The molecule has 0 heterocycles. The molecule has 0 aliphatic heterocycles. The van der Waals surface area contributed by atoms with E-state index in [1.54, 1.807) is 0 Å². The first-order chi connectivity index (χ1) is 16.7. The molecular formula is C35H47I. The van der Waals surface area contributed by atoms with Gasteiger partial charge in [0.2, 0.25) is 0 Å². The fourth-order valence-electron chi connectivity index (χ4n) is 5.18. The van der Waals surface area contributed by atoms with Crippen LogP contribution < -0.4 is 0 Å². The van der Waals surface area contributed by atoms with Crippen LogP contribution in [0, 0.1) is 0 Å². The quantitative estimate of drug-likeness (QED) is 0.111. The molecule has 0 N–H and O–H groups in total. The minimum absolute atomic E-state index is 0.144. The molecule has 0 saturated heterocycles. The van der Waals surface area contributed by atoms with Gasteiger partial charge in [0.15, 0.2) is 0 Å². The maximum absolute atomic E-state index is 2.52. The van der Waals surface area contributed by atoms with E-state index in [9.17, 15) is 0 Å². The van der Waals surface area contributed by atoms with Crippen molar-refractivity contribution >= 4 is 22.6 Å². The molecule has 1 heteroatoms. The summed E-state index contributed by atoms with van der Waals surface area (Å²) in [6.07, 6.45) is 3.54. The SMILES string of the molecule is CC(C)(C)c1ccc(C(CCCCI)(c2ccc(C(C)(C)C)cc2)c2ccc(C(C)(C)C)cc2)cc1. The zero-order valence-corrected chi connectivity index (χ0v) is 26.3. The molecule has 194 valence electrons. The van der Waals surface area contributed by atoms with E-state index in [2.05, 4.69) is 158 Å². The van der Waals surface area contributed by atoms with Crippen LogP contribution in [0.4, 0.5) is 0 Å². The molecule has 0 radical (unpaired) electrons. The molecule has 0 aliphatic rings. The fourth-order valence-corrected chi connectivity index (χ4v) is 5.72. The molecule has 0 nitrogen and oxygen atoms in total. The lowest BCUT2D eigenvalue weighted by Crippen LogP contribution is -2.30. The van der Waals surface area contributed by atoms with E-state index in [-0.39, 0.29) is 21.7 Å². The molecule has 0 atom stereocenters. The van der Waals surface area contributed by atoms with E-state index in [0.717, 1.165) is 6.42 Å². The minimum atomic E-state index is -0.172. The van der Waals surface area contributed by atoms with E-state index in [4.69, 9.17) is 0 Å². The van der Waals surface area contributed by atoms with Crippen molar-refractivity contribution in [2.45, 2.75) is 103 Å². The number of hydrogen-bond donors (Lipinski definition) is 0. The van der Waals surface area contributed by atoms with Crippen LogP contribution >= 0.6 is 22.6 Å². The zero-order chi connectivity index (χ0) is 26.8.